The summed E-state index contributed by atoms with van der Waals surface area (Å²) in [6.45, 7) is 4.29. The molecule has 2 aromatic rings. The molecule has 0 atom stereocenters. The highest BCUT2D eigenvalue weighted by atomic mass is 16.2. The van der Waals surface area contributed by atoms with Gasteiger partial charge in [-0.05, 0) is 31.1 Å². The second-order valence-electron chi connectivity index (χ2n) is 4.52. The third kappa shape index (κ3) is 1.95. The standard InChI is InChI=1S/C15H15N3O/c1-2-15(19)17-10-6-9-13-14(17)11-16-18(13)12-7-4-3-5-8-12/h2-5,7-8,11H,1,6,9-10H2. The van der Waals surface area contributed by atoms with Crippen LogP contribution in [0.5, 0.6) is 0 Å². The average Bonchev–Trinajstić information content (AvgIpc) is 2.91. The van der Waals surface area contributed by atoms with Crippen molar-refractivity contribution in [2.24, 2.45) is 0 Å². The van der Waals surface area contributed by atoms with Gasteiger partial charge in [0.25, 0.3) is 0 Å². The smallest absolute Gasteiger partial charge is 0.250 e. The van der Waals surface area contributed by atoms with E-state index in [1.165, 1.54) is 6.08 Å². The van der Waals surface area contributed by atoms with Crippen LogP contribution in [0.15, 0.2) is 49.2 Å². The zero-order valence-electron chi connectivity index (χ0n) is 10.6. The maximum atomic E-state index is 11.8. The van der Waals surface area contributed by atoms with Gasteiger partial charge in [-0.3, -0.25) is 4.79 Å². The van der Waals surface area contributed by atoms with Crippen LogP contribution in [0.2, 0.25) is 0 Å². The summed E-state index contributed by atoms with van der Waals surface area (Å²) >= 11 is 0. The van der Waals surface area contributed by atoms with Crippen molar-refractivity contribution in [3.63, 3.8) is 0 Å². The van der Waals surface area contributed by atoms with Crippen LogP contribution in [-0.4, -0.2) is 22.2 Å². The molecule has 0 N–H and O–H groups in total. The van der Waals surface area contributed by atoms with E-state index in [4.69, 9.17) is 0 Å². The summed E-state index contributed by atoms with van der Waals surface area (Å²) in [5.74, 6) is -0.0615. The van der Waals surface area contributed by atoms with Gasteiger partial charge in [-0.15, -0.1) is 0 Å². The molecule has 3 rings (SSSR count). The van der Waals surface area contributed by atoms with Gasteiger partial charge in [-0.1, -0.05) is 24.8 Å². The highest BCUT2D eigenvalue weighted by molar-refractivity contribution is 6.01. The Labute approximate surface area is 112 Å². The first-order chi connectivity index (χ1) is 9.31. The van der Waals surface area contributed by atoms with Crippen LogP contribution in [0.4, 0.5) is 5.69 Å². The van der Waals surface area contributed by atoms with E-state index < -0.39 is 0 Å². The molecule has 0 radical (unpaired) electrons. The summed E-state index contributed by atoms with van der Waals surface area (Å²) in [5, 5.41) is 4.42. The molecule has 1 amide bonds. The lowest BCUT2D eigenvalue weighted by Crippen LogP contribution is -2.34. The molecular formula is C15H15N3O. The summed E-state index contributed by atoms with van der Waals surface area (Å²) in [7, 11) is 0. The van der Waals surface area contributed by atoms with Gasteiger partial charge in [-0.25, -0.2) is 4.68 Å². The highest BCUT2D eigenvalue weighted by Crippen LogP contribution is 2.28. The van der Waals surface area contributed by atoms with E-state index in [0.717, 1.165) is 36.5 Å². The second kappa shape index (κ2) is 4.72. The Morgan fingerprint density at radius 2 is 2.11 bits per heavy atom. The molecule has 0 bridgehead atoms. The Hall–Kier alpha value is -2.36. The predicted octanol–water partition coefficient (Wildman–Crippen LogP) is 2.34. The quantitative estimate of drug-likeness (QED) is 0.770. The number of carbonyl (C=O) groups excluding carboxylic acids is 1. The van der Waals surface area contributed by atoms with Crippen molar-refractivity contribution in [1.29, 1.82) is 0 Å². The van der Waals surface area contributed by atoms with Gasteiger partial charge in [0, 0.05) is 6.54 Å². The molecule has 96 valence electrons. The molecule has 1 aromatic carbocycles. The van der Waals surface area contributed by atoms with Gasteiger partial charge in [0.2, 0.25) is 5.91 Å². The Morgan fingerprint density at radius 3 is 2.84 bits per heavy atom. The number of benzene rings is 1. The minimum atomic E-state index is -0.0615. The van der Waals surface area contributed by atoms with Gasteiger partial charge in [-0.2, -0.15) is 5.10 Å². The lowest BCUT2D eigenvalue weighted by Gasteiger charge is -2.26. The van der Waals surface area contributed by atoms with E-state index in [1.807, 2.05) is 35.0 Å². The van der Waals surface area contributed by atoms with E-state index >= 15 is 0 Å². The number of anilines is 1. The zero-order chi connectivity index (χ0) is 13.2. The first-order valence-corrected chi connectivity index (χ1v) is 6.37. The molecule has 1 aliphatic heterocycles. The Kier molecular flexibility index (Phi) is 2.91. The van der Waals surface area contributed by atoms with Gasteiger partial charge < -0.3 is 4.90 Å². The fourth-order valence-electron chi connectivity index (χ4n) is 2.48. The summed E-state index contributed by atoms with van der Waals surface area (Å²) in [6, 6.07) is 9.98. The van der Waals surface area contributed by atoms with Crippen molar-refractivity contribution < 1.29 is 4.79 Å². The van der Waals surface area contributed by atoms with Gasteiger partial charge in [0.05, 0.1) is 23.3 Å². The number of hydrogen-bond acceptors (Lipinski definition) is 2. The summed E-state index contributed by atoms with van der Waals surface area (Å²) in [6.07, 6.45) is 5.01. The van der Waals surface area contributed by atoms with Crippen molar-refractivity contribution in [3.8, 4) is 5.69 Å². The van der Waals surface area contributed by atoms with Gasteiger partial charge in [0.15, 0.2) is 0 Å². The topological polar surface area (TPSA) is 38.1 Å². The van der Waals surface area contributed by atoms with Crippen LogP contribution in [-0.2, 0) is 11.2 Å². The largest absolute Gasteiger partial charge is 0.306 e. The van der Waals surface area contributed by atoms with Crippen LogP contribution in [0.25, 0.3) is 5.69 Å². The molecule has 1 aliphatic rings. The maximum Gasteiger partial charge on any atom is 0.250 e. The van der Waals surface area contributed by atoms with Crippen molar-refractivity contribution in [2.75, 3.05) is 11.4 Å². The molecule has 19 heavy (non-hydrogen) atoms. The van der Waals surface area contributed by atoms with Crippen LogP contribution in [0.3, 0.4) is 0 Å². The van der Waals surface area contributed by atoms with E-state index in [-0.39, 0.29) is 5.91 Å². The molecule has 1 aromatic heterocycles. The van der Waals surface area contributed by atoms with Crippen molar-refractivity contribution >= 4 is 11.6 Å². The van der Waals surface area contributed by atoms with Crippen LogP contribution >= 0.6 is 0 Å². The lowest BCUT2D eigenvalue weighted by molar-refractivity contribution is -0.114. The molecule has 2 heterocycles. The van der Waals surface area contributed by atoms with E-state index in [1.54, 1.807) is 11.1 Å². The first kappa shape index (κ1) is 11.7. The first-order valence-electron chi connectivity index (χ1n) is 6.37. The summed E-state index contributed by atoms with van der Waals surface area (Å²) < 4.78 is 1.91. The second-order valence-corrected chi connectivity index (χ2v) is 4.52. The molecule has 0 fully saturated rings. The van der Waals surface area contributed by atoms with Gasteiger partial charge in [0.1, 0.15) is 0 Å². The number of aromatic nitrogens is 2. The monoisotopic (exact) mass is 253 g/mol. The number of fused-ring (bicyclic) bond motifs is 1. The lowest BCUT2D eigenvalue weighted by atomic mass is 10.1. The average molecular weight is 253 g/mol. The number of nitrogens with zero attached hydrogens (tertiary/aromatic N) is 3. The zero-order valence-corrected chi connectivity index (χ0v) is 10.6. The number of rotatable bonds is 2. The SMILES string of the molecule is C=CC(=O)N1CCCc2c1cnn2-c1ccccc1. The molecular weight excluding hydrogens is 238 g/mol. The summed E-state index contributed by atoms with van der Waals surface area (Å²) in [5.41, 5.74) is 3.02. The van der Waals surface area contributed by atoms with Crippen molar-refractivity contribution in [2.45, 2.75) is 12.8 Å². The number of para-hydroxylation sites is 1. The van der Waals surface area contributed by atoms with E-state index in [0.29, 0.717) is 0 Å². The third-order valence-electron chi connectivity index (χ3n) is 3.37. The fourth-order valence-corrected chi connectivity index (χ4v) is 2.48. The fraction of sp³-hybridized carbons (Fsp3) is 0.200. The normalized spacial score (nSPS) is 14.0. The molecule has 0 spiro atoms. The molecule has 0 saturated heterocycles. The molecule has 4 nitrogen and oxygen atoms in total. The molecule has 0 saturated carbocycles. The van der Waals surface area contributed by atoms with E-state index in [2.05, 4.69) is 11.7 Å². The molecule has 0 aliphatic carbocycles. The van der Waals surface area contributed by atoms with Crippen LogP contribution < -0.4 is 4.90 Å². The maximum absolute atomic E-state index is 11.8. The Balaban J connectivity index is 2.06. The third-order valence-corrected chi connectivity index (χ3v) is 3.37. The minimum Gasteiger partial charge on any atom is -0.306 e. The molecule has 0 unspecified atom stereocenters. The number of hydrogen-bond donors (Lipinski definition) is 0. The minimum absolute atomic E-state index is 0.0615. The van der Waals surface area contributed by atoms with Crippen molar-refractivity contribution in [3.05, 3.63) is 54.9 Å². The highest BCUT2D eigenvalue weighted by Gasteiger charge is 2.24. The van der Waals surface area contributed by atoms with E-state index in [9.17, 15) is 4.79 Å². The molecule has 4 heteroatoms. The number of amides is 1. The van der Waals surface area contributed by atoms with Crippen LogP contribution in [0, 0.1) is 0 Å². The summed E-state index contributed by atoms with van der Waals surface area (Å²) in [4.78, 5) is 13.6. The predicted molar refractivity (Wildman–Crippen MR) is 74.4 cm³/mol. The van der Waals surface area contributed by atoms with Crippen LogP contribution in [0.1, 0.15) is 12.1 Å². The van der Waals surface area contributed by atoms with Crippen molar-refractivity contribution in [1.82, 2.24) is 9.78 Å². The Bertz CT molecular complexity index is 616. The van der Waals surface area contributed by atoms with Gasteiger partial charge >= 0.3 is 0 Å². The Morgan fingerprint density at radius 1 is 1.32 bits per heavy atom. The number of carbonyl (C=O) groups is 1.